The second kappa shape index (κ2) is 14.8. The molecule has 36 heavy (non-hydrogen) atoms. The van der Waals surface area contributed by atoms with Crippen LogP contribution in [0.15, 0.2) is 36.9 Å². The summed E-state index contributed by atoms with van der Waals surface area (Å²) in [5.41, 5.74) is 0.966. The Hall–Kier alpha value is -2.70. The van der Waals surface area contributed by atoms with E-state index in [-0.39, 0.29) is 22.4 Å². The average molecular weight is 514 g/mol. The van der Waals surface area contributed by atoms with Gasteiger partial charge in [0.2, 0.25) is 11.8 Å². The predicted octanol–water partition coefficient (Wildman–Crippen LogP) is 3.48. The van der Waals surface area contributed by atoms with E-state index in [4.69, 9.17) is 4.74 Å². The maximum atomic E-state index is 13.0. The fraction of sp³-hybridized carbons (Fsp3) is 0.593. The molecule has 0 saturated carbocycles. The number of carbonyl (C=O) groups is 2. The van der Waals surface area contributed by atoms with Crippen molar-refractivity contribution in [1.82, 2.24) is 15.1 Å². The molecule has 0 aliphatic carbocycles. The molecule has 2 amide bonds. The van der Waals surface area contributed by atoms with E-state index in [9.17, 15) is 14.9 Å². The van der Waals surface area contributed by atoms with E-state index in [1.54, 1.807) is 22.7 Å². The molecule has 2 saturated heterocycles. The summed E-state index contributed by atoms with van der Waals surface area (Å²) in [6, 6.07) is 10.0. The summed E-state index contributed by atoms with van der Waals surface area (Å²) in [6.45, 7) is 11.0. The second-order valence-corrected chi connectivity index (χ2v) is 10.5. The zero-order chi connectivity index (χ0) is 25.8. The average Bonchev–Trinajstić information content (AvgIpc) is 3.20. The van der Waals surface area contributed by atoms with Crippen LogP contribution in [0.4, 0.5) is 5.69 Å². The smallest absolute Gasteiger partial charge is 0.237 e. The summed E-state index contributed by atoms with van der Waals surface area (Å²) < 4.78 is 5.97. The van der Waals surface area contributed by atoms with Crippen LogP contribution < -0.4 is 15.4 Å². The predicted molar refractivity (Wildman–Crippen MR) is 145 cm³/mol. The summed E-state index contributed by atoms with van der Waals surface area (Å²) in [4.78, 5) is 29.5. The number of anilines is 1. The number of ether oxygens (including phenoxy) is 1. The number of rotatable bonds is 14. The molecule has 0 aromatic heterocycles. The van der Waals surface area contributed by atoms with Crippen LogP contribution in [-0.4, -0.2) is 78.1 Å². The Morgan fingerprint density at radius 3 is 2.89 bits per heavy atom. The first-order valence-corrected chi connectivity index (χ1v) is 13.9. The molecule has 2 aliphatic rings. The molecule has 0 radical (unpaired) electrons. The minimum atomic E-state index is -0.793. The normalized spacial score (nSPS) is 21.0. The molecular weight excluding hydrogens is 474 g/mol. The number of nitrogens with zero attached hydrogens (tertiary/aromatic N) is 3. The molecule has 9 heteroatoms. The molecule has 2 fully saturated rings. The van der Waals surface area contributed by atoms with Gasteiger partial charge in [-0.2, -0.15) is 5.26 Å². The van der Waals surface area contributed by atoms with Gasteiger partial charge in [-0.3, -0.25) is 14.5 Å². The Kier molecular flexibility index (Phi) is 11.4. The van der Waals surface area contributed by atoms with Crippen LogP contribution >= 0.6 is 11.8 Å². The SMILES string of the molecule is C=CCNC(=O)C(C#N)CC1SC(CCNc2cccc(OCCN3CCCCC3)c2)C(=O)N1CC. The van der Waals surface area contributed by atoms with Gasteiger partial charge in [0.1, 0.15) is 18.3 Å². The largest absolute Gasteiger partial charge is 0.492 e. The highest BCUT2D eigenvalue weighted by Crippen LogP contribution is 2.37. The molecule has 0 spiro atoms. The third-order valence-corrected chi connectivity index (χ3v) is 8.12. The van der Waals surface area contributed by atoms with Gasteiger partial charge in [-0.1, -0.05) is 18.6 Å². The van der Waals surface area contributed by atoms with Crippen LogP contribution in [0, 0.1) is 17.2 Å². The molecule has 3 unspecified atom stereocenters. The van der Waals surface area contributed by atoms with Gasteiger partial charge in [-0.05, 0) is 51.4 Å². The lowest BCUT2D eigenvalue weighted by molar-refractivity contribution is -0.131. The maximum absolute atomic E-state index is 13.0. The number of hydrogen-bond acceptors (Lipinski definition) is 7. The first kappa shape index (κ1) is 27.9. The lowest BCUT2D eigenvalue weighted by Crippen LogP contribution is -2.38. The molecule has 0 bridgehead atoms. The quantitative estimate of drug-likeness (QED) is 0.368. The number of hydrogen-bond donors (Lipinski definition) is 2. The Bertz CT molecular complexity index is 915. The van der Waals surface area contributed by atoms with Crippen molar-refractivity contribution in [3.63, 3.8) is 0 Å². The van der Waals surface area contributed by atoms with Gasteiger partial charge in [0, 0.05) is 44.4 Å². The van der Waals surface area contributed by atoms with Crippen LogP contribution in [0.2, 0.25) is 0 Å². The Morgan fingerprint density at radius 2 is 2.17 bits per heavy atom. The van der Waals surface area contributed by atoms with Gasteiger partial charge in [0.15, 0.2) is 0 Å². The molecule has 2 N–H and O–H groups in total. The standard InChI is InChI=1S/C27H39N5O3S/c1-3-12-30-26(33)21(20-28)18-25-32(4-2)27(34)24(36-25)11-13-29-22-9-8-10-23(19-22)35-17-16-31-14-6-5-7-15-31/h3,8-10,19,21,24-25,29H,1,4-7,11-18H2,2H3,(H,30,33). The zero-order valence-electron chi connectivity index (χ0n) is 21.3. The van der Waals surface area contributed by atoms with Crippen molar-refractivity contribution in [2.75, 3.05) is 51.2 Å². The molecule has 2 aliphatic heterocycles. The highest BCUT2D eigenvalue weighted by Gasteiger charge is 2.40. The molecule has 1 aromatic rings. The minimum Gasteiger partial charge on any atom is -0.492 e. The summed E-state index contributed by atoms with van der Waals surface area (Å²) in [7, 11) is 0. The molecule has 2 heterocycles. The van der Waals surface area contributed by atoms with Crippen LogP contribution in [-0.2, 0) is 9.59 Å². The van der Waals surface area contributed by atoms with Crippen molar-refractivity contribution in [3.05, 3.63) is 36.9 Å². The summed E-state index contributed by atoms with van der Waals surface area (Å²) in [6.07, 6.45) is 6.46. The van der Waals surface area contributed by atoms with Gasteiger partial charge in [0.25, 0.3) is 0 Å². The fourth-order valence-corrected chi connectivity index (χ4v) is 6.21. The molecule has 8 nitrogen and oxygen atoms in total. The Balaban J connectivity index is 1.45. The first-order valence-electron chi connectivity index (χ1n) is 13.0. The van der Waals surface area contributed by atoms with Crippen molar-refractivity contribution in [3.8, 4) is 11.8 Å². The number of carbonyl (C=O) groups excluding carboxylic acids is 2. The van der Waals surface area contributed by atoms with Gasteiger partial charge in [-0.15, -0.1) is 18.3 Å². The first-order chi connectivity index (χ1) is 17.5. The van der Waals surface area contributed by atoms with E-state index in [1.807, 2.05) is 31.2 Å². The third-order valence-electron chi connectivity index (χ3n) is 6.59. The molecule has 3 rings (SSSR count). The zero-order valence-corrected chi connectivity index (χ0v) is 22.1. The van der Waals surface area contributed by atoms with Crippen LogP contribution in [0.25, 0.3) is 0 Å². The van der Waals surface area contributed by atoms with Gasteiger partial charge in [0.05, 0.1) is 16.7 Å². The van der Waals surface area contributed by atoms with E-state index in [2.05, 4.69) is 28.2 Å². The fourth-order valence-electron chi connectivity index (χ4n) is 4.62. The lowest BCUT2D eigenvalue weighted by Gasteiger charge is -2.26. The molecule has 196 valence electrons. The molecule has 1 aromatic carbocycles. The van der Waals surface area contributed by atoms with Crippen molar-refractivity contribution < 1.29 is 14.3 Å². The van der Waals surface area contributed by atoms with E-state index in [0.717, 1.165) is 18.0 Å². The number of nitriles is 1. The highest BCUT2D eigenvalue weighted by atomic mass is 32.2. The van der Waals surface area contributed by atoms with Gasteiger partial charge in [-0.25, -0.2) is 0 Å². The highest BCUT2D eigenvalue weighted by molar-refractivity contribution is 8.01. The monoisotopic (exact) mass is 513 g/mol. The topological polar surface area (TPSA) is 97.7 Å². The van der Waals surface area contributed by atoms with E-state index in [0.29, 0.717) is 39.1 Å². The maximum Gasteiger partial charge on any atom is 0.237 e. The van der Waals surface area contributed by atoms with Gasteiger partial charge < -0.3 is 20.3 Å². The number of nitrogens with one attached hydrogen (secondary N) is 2. The third kappa shape index (κ3) is 8.17. The lowest BCUT2D eigenvalue weighted by atomic mass is 10.1. The number of piperidine rings is 1. The second-order valence-electron chi connectivity index (χ2n) is 9.15. The van der Waals surface area contributed by atoms with Crippen molar-refractivity contribution in [2.45, 2.75) is 49.7 Å². The van der Waals surface area contributed by atoms with E-state index >= 15 is 0 Å². The van der Waals surface area contributed by atoms with Crippen molar-refractivity contribution in [2.24, 2.45) is 5.92 Å². The summed E-state index contributed by atoms with van der Waals surface area (Å²) >= 11 is 1.56. The van der Waals surface area contributed by atoms with Crippen LogP contribution in [0.5, 0.6) is 5.75 Å². The van der Waals surface area contributed by atoms with Crippen LogP contribution in [0.3, 0.4) is 0 Å². The van der Waals surface area contributed by atoms with Gasteiger partial charge >= 0.3 is 0 Å². The van der Waals surface area contributed by atoms with Crippen LogP contribution in [0.1, 0.15) is 39.0 Å². The van der Waals surface area contributed by atoms with E-state index < -0.39 is 5.92 Å². The summed E-state index contributed by atoms with van der Waals surface area (Å²) in [5.74, 6) is -0.186. The Labute approximate surface area is 219 Å². The Morgan fingerprint density at radius 1 is 1.36 bits per heavy atom. The van der Waals surface area contributed by atoms with Crippen molar-refractivity contribution in [1.29, 1.82) is 5.26 Å². The number of likely N-dealkylation sites (tertiary alicyclic amines) is 1. The minimum absolute atomic E-state index is 0.0762. The molecule has 3 atom stereocenters. The molecular formula is C27H39N5O3S. The number of thioether (sulfide) groups is 1. The van der Waals surface area contributed by atoms with Crippen molar-refractivity contribution >= 4 is 29.3 Å². The number of amides is 2. The number of benzene rings is 1. The van der Waals surface area contributed by atoms with E-state index in [1.165, 1.54) is 32.4 Å². The summed E-state index contributed by atoms with van der Waals surface area (Å²) in [5, 5.41) is 15.2.